The molecule has 1 amide bonds. The molecule has 0 spiro atoms. The van der Waals surface area contributed by atoms with E-state index in [-0.39, 0.29) is 10.9 Å². The van der Waals surface area contributed by atoms with Crippen molar-refractivity contribution in [3.8, 4) is 0 Å². The molecule has 5 heteroatoms. The van der Waals surface area contributed by atoms with E-state index < -0.39 is 0 Å². The summed E-state index contributed by atoms with van der Waals surface area (Å²) in [5.41, 5.74) is 8.39. The van der Waals surface area contributed by atoms with Crippen LogP contribution in [0.2, 0.25) is 0 Å². The molecule has 0 saturated heterocycles. The normalized spacial score (nSPS) is 13.5. The molecule has 0 atom stereocenters. The standard InChI is InChI=1S/C16H16N2OS2/c17-15(20)11-6-2-3-7-12(11)18-16(19)14-9-10-5-1-4-8-13(10)21-14/h2-3,6-7,9H,1,4-5,8H2,(H2,17,20)(H,18,19). The lowest BCUT2D eigenvalue weighted by Crippen LogP contribution is -2.16. The molecule has 1 aromatic heterocycles. The van der Waals surface area contributed by atoms with E-state index in [0.29, 0.717) is 11.3 Å². The second-order valence-electron chi connectivity index (χ2n) is 5.13. The molecule has 2 aromatic rings. The summed E-state index contributed by atoms with van der Waals surface area (Å²) in [5.74, 6) is -0.0851. The first kappa shape index (κ1) is 14.2. The average Bonchev–Trinajstić information content (AvgIpc) is 2.91. The van der Waals surface area contributed by atoms with Crippen molar-refractivity contribution in [3.05, 3.63) is 51.2 Å². The number of aryl methyl sites for hydroxylation is 2. The second-order valence-corrected chi connectivity index (χ2v) is 6.71. The Hall–Kier alpha value is -1.72. The SMILES string of the molecule is NC(=S)c1ccccc1NC(=O)c1cc2c(s1)CCCC2. The zero-order valence-corrected chi connectivity index (χ0v) is 13.2. The number of fused-ring (bicyclic) bond motifs is 1. The predicted molar refractivity (Wildman–Crippen MR) is 91.2 cm³/mol. The highest BCUT2D eigenvalue weighted by atomic mass is 32.1. The quantitative estimate of drug-likeness (QED) is 0.852. The Balaban J connectivity index is 1.83. The van der Waals surface area contributed by atoms with Gasteiger partial charge < -0.3 is 11.1 Å². The Morgan fingerprint density at radius 2 is 2.00 bits per heavy atom. The van der Waals surface area contributed by atoms with E-state index in [9.17, 15) is 4.79 Å². The van der Waals surface area contributed by atoms with Gasteiger partial charge in [-0.15, -0.1) is 11.3 Å². The van der Waals surface area contributed by atoms with Crippen molar-refractivity contribution in [3.63, 3.8) is 0 Å². The van der Waals surface area contributed by atoms with Gasteiger partial charge in [-0.25, -0.2) is 0 Å². The monoisotopic (exact) mass is 316 g/mol. The number of para-hydroxylation sites is 1. The summed E-state index contributed by atoms with van der Waals surface area (Å²) in [7, 11) is 0. The lowest BCUT2D eigenvalue weighted by atomic mass is 9.99. The molecular weight excluding hydrogens is 300 g/mol. The predicted octanol–water partition coefficient (Wildman–Crippen LogP) is 3.51. The highest BCUT2D eigenvalue weighted by Crippen LogP contribution is 2.30. The number of hydrogen-bond donors (Lipinski definition) is 2. The number of carbonyl (C=O) groups is 1. The number of nitrogens with two attached hydrogens (primary N) is 1. The van der Waals surface area contributed by atoms with Crippen LogP contribution in [0, 0.1) is 0 Å². The van der Waals surface area contributed by atoms with E-state index in [1.165, 1.54) is 23.3 Å². The molecule has 1 aliphatic carbocycles. The van der Waals surface area contributed by atoms with Gasteiger partial charge in [0.1, 0.15) is 4.99 Å². The van der Waals surface area contributed by atoms with Crippen molar-refractivity contribution in [2.24, 2.45) is 5.73 Å². The van der Waals surface area contributed by atoms with Crippen LogP contribution in [0.3, 0.4) is 0 Å². The molecule has 0 aliphatic heterocycles. The third-order valence-corrected chi connectivity index (χ3v) is 5.12. The number of benzene rings is 1. The van der Waals surface area contributed by atoms with Gasteiger partial charge >= 0.3 is 0 Å². The number of rotatable bonds is 3. The minimum atomic E-state index is -0.0851. The van der Waals surface area contributed by atoms with Crippen LogP contribution >= 0.6 is 23.6 Å². The molecule has 0 bridgehead atoms. The molecule has 3 rings (SSSR count). The number of thiocarbonyl (C=S) groups is 1. The third-order valence-electron chi connectivity index (χ3n) is 3.66. The number of hydrogen-bond acceptors (Lipinski definition) is 3. The van der Waals surface area contributed by atoms with Crippen molar-refractivity contribution in [2.45, 2.75) is 25.7 Å². The van der Waals surface area contributed by atoms with E-state index in [0.717, 1.165) is 17.7 Å². The van der Waals surface area contributed by atoms with E-state index in [4.69, 9.17) is 18.0 Å². The van der Waals surface area contributed by atoms with Crippen molar-refractivity contribution >= 4 is 40.1 Å². The summed E-state index contributed by atoms with van der Waals surface area (Å²) in [6.45, 7) is 0. The first-order valence-corrected chi connectivity index (χ1v) is 8.19. The second kappa shape index (κ2) is 5.95. The van der Waals surface area contributed by atoms with Crippen LogP contribution in [0.5, 0.6) is 0 Å². The topological polar surface area (TPSA) is 55.1 Å². The maximum atomic E-state index is 12.4. The van der Waals surface area contributed by atoms with Gasteiger partial charge in [0.2, 0.25) is 0 Å². The Morgan fingerprint density at radius 1 is 1.24 bits per heavy atom. The van der Waals surface area contributed by atoms with Crippen LogP contribution in [0.1, 0.15) is 38.5 Å². The summed E-state index contributed by atoms with van der Waals surface area (Å²) < 4.78 is 0. The first-order chi connectivity index (χ1) is 10.1. The van der Waals surface area contributed by atoms with E-state index in [1.807, 2.05) is 30.3 Å². The van der Waals surface area contributed by atoms with E-state index in [1.54, 1.807) is 11.3 Å². The molecule has 0 radical (unpaired) electrons. The number of anilines is 1. The van der Waals surface area contributed by atoms with Crippen molar-refractivity contribution in [1.82, 2.24) is 0 Å². The molecule has 1 heterocycles. The van der Waals surface area contributed by atoms with Gasteiger partial charge in [-0.05, 0) is 49.4 Å². The fourth-order valence-corrected chi connectivity index (χ4v) is 3.92. The van der Waals surface area contributed by atoms with Crippen LogP contribution in [0.25, 0.3) is 0 Å². The number of carbonyl (C=O) groups excluding carboxylic acids is 1. The molecule has 3 N–H and O–H groups in total. The Labute approximate surface area is 133 Å². The molecule has 21 heavy (non-hydrogen) atoms. The minimum Gasteiger partial charge on any atom is -0.389 e. The summed E-state index contributed by atoms with van der Waals surface area (Å²) in [5, 5.41) is 2.92. The molecule has 0 unspecified atom stereocenters. The zero-order valence-electron chi connectivity index (χ0n) is 11.5. The van der Waals surface area contributed by atoms with Gasteiger partial charge in [0.05, 0.1) is 10.6 Å². The highest BCUT2D eigenvalue weighted by molar-refractivity contribution is 7.80. The van der Waals surface area contributed by atoms with Crippen molar-refractivity contribution < 1.29 is 4.79 Å². The van der Waals surface area contributed by atoms with E-state index >= 15 is 0 Å². The fourth-order valence-electron chi connectivity index (χ4n) is 2.59. The maximum absolute atomic E-state index is 12.4. The third kappa shape index (κ3) is 2.99. The highest BCUT2D eigenvalue weighted by Gasteiger charge is 2.18. The fraction of sp³-hybridized carbons (Fsp3) is 0.250. The number of thiophene rings is 1. The van der Waals surface area contributed by atoms with Crippen LogP contribution in [0.4, 0.5) is 5.69 Å². The van der Waals surface area contributed by atoms with Crippen LogP contribution in [-0.4, -0.2) is 10.9 Å². The van der Waals surface area contributed by atoms with Crippen molar-refractivity contribution in [1.29, 1.82) is 0 Å². The lowest BCUT2D eigenvalue weighted by molar-refractivity contribution is 0.103. The molecule has 0 fully saturated rings. The van der Waals surface area contributed by atoms with E-state index in [2.05, 4.69) is 5.32 Å². The molecule has 108 valence electrons. The number of nitrogens with one attached hydrogen (secondary N) is 1. The number of amides is 1. The molecule has 1 aliphatic rings. The van der Waals surface area contributed by atoms with Crippen molar-refractivity contribution in [2.75, 3.05) is 5.32 Å². The smallest absolute Gasteiger partial charge is 0.265 e. The minimum absolute atomic E-state index is 0.0851. The van der Waals surface area contributed by atoms with Gasteiger partial charge in [-0.3, -0.25) is 4.79 Å². The average molecular weight is 316 g/mol. The van der Waals surface area contributed by atoms with Gasteiger partial charge in [0.25, 0.3) is 5.91 Å². The first-order valence-electron chi connectivity index (χ1n) is 6.97. The largest absolute Gasteiger partial charge is 0.389 e. The summed E-state index contributed by atoms with van der Waals surface area (Å²) in [6, 6.07) is 9.38. The Morgan fingerprint density at radius 3 is 2.76 bits per heavy atom. The molecule has 0 saturated carbocycles. The summed E-state index contributed by atoms with van der Waals surface area (Å²) >= 11 is 6.62. The van der Waals surface area contributed by atoms with Gasteiger partial charge in [0, 0.05) is 10.4 Å². The lowest BCUT2D eigenvalue weighted by Gasteiger charge is -2.08. The summed E-state index contributed by atoms with van der Waals surface area (Å²) in [6.07, 6.45) is 4.62. The molecular formula is C16H16N2OS2. The van der Waals surface area contributed by atoms with Crippen LogP contribution < -0.4 is 11.1 Å². The molecule has 1 aromatic carbocycles. The van der Waals surface area contributed by atoms with Gasteiger partial charge in [-0.1, -0.05) is 24.4 Å². The Kier molecular flexibility index (Phi) is 4.03. The van der Waals surface area contributed by atoms with Crippen LogP contribution in [0.15, 0.2) is 30.3 Å². The van der Waals surface area contributed by atoms with Gasteiger partial charge in [0.15, 0.2) is 0 Å². The molecule has 3 nitrogen and oxygen atoms in total. The zero-order chi connectivity index (χ0) is 14.8. The Bertz CT molecular complexity index is 683. The van der Waals surface area contributed by atoms with Gasteiger partial charge in [-0.2, -0.15) is 0 Å². The van der Waals surface area contributed by atoms with Crippen LogP contribution in [-0.2, 0) is 12.8 Å². The maximum Gasteiger partial charge on any atom is 0.265 e. The summed E-state index contributed by atoms with van der Waals surface area (Å²) in [4.78, 5) is 14.8.